The van der Waals surface area contributed by atoms with Gasteiger partial charge in [0, 0.05) is 0 Å². The van der Waals surface area contributed by atoms with E-state index in [9.17, 15) is 4.79 Å². The maximum atomic E-state index is 11.6. The third-order valence-electron chi connectivity index (χ3n) is 3.45. The van der Waals surface area contributed by atoms with Gasteiger partial charge in [0.2, 0.25) is 0 Å². The minimum absolute atomic E-state index is 0.296. The summed E-state index contributed by atoms with van der Waals surface area (Å²) in [5.41, 5.74) is 4.36. The molecule has 0 fully saturated rings. The molecule has 0 bridgehead atoms. The minimum atomic E-state index is -0.296. The highest BCUT2D eigenvalue weighted by molar-refractivity contribution is 5.74. The molecule has 1 aromatic carbocycles. The second kappa shape index (κ2) is 3.99. The predicted octanol–water partition coefficient (Wildman–Crippen LogP) is 2.63. The fraction of sp³-hybridized carbons (Fsp3) is 0.429. The molecule has 0 N–H and O–H groups in total. The Bertz CT molecular complexity index is 628. The summed E-state index contributed by atoms with van der Waals surface area (Å²) in [6.45, 7) is 1.92. The molecule has 3 heteroatoms. The largest absolute Gasteiger partial charge is 0.420 e. The zero-order chi connectivity index (χ0) is 11.8. The molecule has 0 saturated carbocycles. The Morgan fingerprint density at radius 2 is 1.94 bits per heavy atom. The monoisotopic (exact) mass is 229 g/mol. The van der Waals surface area contributed by atoms with Crippen molar-refractivity contribution in [1.82, 2.24) is 4.98 Å². The van der Waals surface area contributed by atoms with E-state index in [4.69, 9.17) is 4.42 Å². The van der Waals surface area contributed by atoms with Crippen molar-refractivity contribution in [1.29, 1.82) is 0 Å². The zero-order valence-electron chi connectivity index (χ0n) is 9.95. The summed E-state index contributed by atoms with van der Waals surface area (Å²) < 4.78 is 5.33. The van der Waals surface area contributed by atoms with Gasteiger partial charge in [-0.05, 0) is 55.4 Å². The molecular formula is C14H15NO2. The van der Waals surface area contributed by atoms with Gasteiger partial charge >= 0.3 is 5.63 Å². The number of benzene rings is 1. The molecule has 0 radical (unpaired) electrons. The van der Waals surface area contributed by atoms with Gasteiger partial charge in [0.15, 0.2) is 5.58 Å². The van der Waals surface area contributed by atoms with E-state index in [-0.39, 0.29) is 5.63 Å². The Kier molecular flexibility index (Phi) is 2.46. The zero-order valence-corrected chi connectivity index (χ0v) is 9.95. The van der Waals surface area contributed by atoms with Crippen LogP contribution in [-0.4, -0.2) is 4.98 Å². The van der Waals surface area contributed by atoms with E-state index >= 15 is 0 Å². The lowest BCUT2D eigenvalue weighted by atomic mass is 9.91. The molecule has 0 aliphatic heterocycles. The first-order valence-corrected chi connectivity index (χ1v) is 6.23. The SMILES string of the molecule is CCc1nc2cc3c(cc2oc1=O)CCCC3. The number of aryl methyl sites for hydroxylation is 3. The Morgan fingerprint density at radius 3 is 2.65 bits per heavy atom. The molecule has 3 rings (SSSR count). The number of nitrogens with zero attached hydrogens (tertiary/aromatic N) is 1. The first-order valence-electron chi connectivity index (χ1n) is 6.23. The highest BCUT2D eigenvalue weighted by atomic mass is 16.4. The van der Waals surface area contributed by atoms with Crippen LogP contribution >= 0.6 is 0 Å². The van der Waals surface area contributed by atoms with Gasteiger partial charge < -0.3 is 4.42 Å². The average Bonchev–Trinajstić information content (AvgIpc) is 2.35. The number of hydrogen-bond acceptors (Lipinski definition) is 3. The summed E-state index contributed by atoms with van der Waals surface area (Å²) >= 11 is 0. The van der Waals surface area contributed by atoms with Gasteiger partial charge in [0.05, 0.1) is 0 Å². The normalized spacial score (nSPS) is 14.9. The summed E-state index contributed by atoms with van der Waals surface area (Å²) in [6.07, 6.45) is 5.30. The molecule has 3 nitrogen and oxygen atoms in total. The minimum Gasteiger partial charge on any atom is -0.420 e. The highest BCUT2D eigenvalue weighted by Crippen LogP contribution is 2.25. The lowest BCUT2D eigenvalue weighted by Crippen LogP contribution is -2.10. The van der Waals surface area contributed by atoms with Gasteiger partial charge in [-0.25, -0.2) is 9.78 Å². The smallest absolute Gasteiger partial charge is 0.358 e. The van der Waals surface area contributed by atoms with Crippen LogP contribution in [0.15, 0.2) is 21.3 Å². The lowest BCUT2D eigenvalue weighted by Gasteiger charge is -2.15. The number of aromatic nitrogens is 1. The van der Waals surface area contributed by atoms with Gasteiger partial charge in [-0.2, -0.15) is 0 Å². The molecule has 1 aliphatic rings. The van der Waals surface area contributed by atoms with Crippen LogP contribution in [0.25, 0.3) is 11.1 Å². The molecule has 88 valence electrons. The Hall–Kier alpha value is -1.64. The van der Waals surface area contributed by atoms with E-state index in [0.29, 0.717) is 17.7 Å². The summed E-state index contributed by atoms with van der Waals surface area (Å²) in [5.74, 6) is 0. The number of fused-ring (bicyclic) bond motifs is 2. The van der Waals surface area contributed by atoms with Crippen molar-refractivity contribution in [3.05, 3.63) is 39.4 Å². The van der Waals surface area contributed by atoms with Crippen molar-refractivity contribution in [2.24, 2.45) is 0 Å². The van der Waals surface area contributed by atoms with E-state index in [2.05, 4.69) is 11.1 Å². The molecule has 1 aliphatic carbocycles. The molecule has 1 heterocycles. The fourth-order valence-electron chi connectivity index (χ4n) is 2.49. The molecule has 0 saturated heterocycles. The number of hydrogen-bond donors (Lipinski definition) is 0. The molecule has 1 aromatic heterocycles. The van der Waals surface area contributed by atoms with Crippen molar-refractivity contribution < 1.29 is 4.42 Å². The van der Waals surface area contributed by atoms with Crippen molar-refractivity contribution in [3.8, 4) is 0 Å². The van der Waals surface area contributed by atoms with Crippen molar-refractivity contribution in [2.45, 2.75) is 39.0 Å². The quantitative estimate of drug-likeness (QED) is 0.755. The molecule has 0 atom stereocenters. The Labute approximate surface area is 99.5 Å². The maximum absolute atomic E-state index is 11.6. The maximum Gasteiger partial charge on any atom is 0.358 e. The third kappa shape index (κ3) is 1.75. The second-order valence-electron chi connectivity index (χ2n) is 4.60. The molecule has 17 heavy (non-hydrogen) atoms. The average molecular weight is 229 g/mol. The summed E-state index contributed by atoms with van der Waals surface area (Å²) in [5, 5.41) is 0. The number of rotatable bonds is 1. The molecule has 0 amide bonds. The summed E-state index contributed by atoms with van der Waals surface area (Å²) in [6, 6.07) is 4.09. The predicted molar refractivity (Wildman–Crippen MR) is 66.3 cm³/mol. The van der Waals surface area contributed by atoms with Crippen LogP contribution < -0.4 is 5.63 Å². The van der Waals surface area contributed by atoms with Gasteiger partial charge in [0.1, 0.15) is 11.2 Å². The third-order valence-corrected chi connectivity index (χ3v) is 3.45. The van der Waals surface area contributed by atoms with Crippen LogP contribution in [-0.2, 0) is 19.3 Å². The van der Waals surface area contributed by atoms with Gasteiger partial charge in [-0.1, -0.05) is 6.92 Å². The molecule has 2 aromatic rings. The van der Waals surface area contributed by atoms with E-state index in [1.807, 2.05) is 13.0 Å². The Morgan fingerprint density at radius 1 is 1.24 bits per heavy atom. The fourth-order valence-corrected chi connectivity index (χ4v) is 2.49. The first-order chi connectivity index (χ1) is 8.28. The van der Waals surface area contributed by atoms with E-state index < -0.39 is 0 Å². The van der Waals surface area contributed by atoms with Gasteiger partial charge in [-0.15, -0.1) is 0 Å². The van der Waals surface area contributed by atoms with Crippen molar-refractivity contribution >= 4 is 11.1 Å². The molecule has 0 spiro atoms. The van der Waals surface area contributed by atoms with Crippen LogP contribution in [0, 0.1) is 0 Å². The van der Waals surface area contributed by atoms with E-state index in [0.717, 1.165) is 18.4 Å². The van der Waals surface area contributed by atoms with Crippen LogP contribution in [0.3, 0.4) is 0 Å². The van der Waals surface area contributed by atoms with Gasteiger partial charge in [-0.3, -0.25) is 0 Å². The topological polar surface area (TPSA) is 43.1 Å². The van der Waals surface area contributed by atoms with E-state index in [1.54, 1.807) is 0 Å². The van der Waals surface area contributed by atoms with Crippen molar-refractivity contribution in [3.63, 3.8) is 0 Å². The highest BCUT2D eigenvalue weighted by Gasteiger charge is 2.13. The Balaban J connectivity index is 2.26. The second-order valence-corrected chi connectivity index (χ2v) is 4.60. The van der Waals surface area contributed by atoms with Gasteiger partial charge in [0.25, 0.3) is 0 Å². The van der Waals surface area contributed by atoms with Crippen LogP contribution in [0.5, 0.6) is 0 Å². The standard InChI is InChI=1S/C14H15NO2/c1-2-11-14(16)17-13-8-10-6-4-3-5-9(10)7-12(13)15-11/h7-8H,2-6H2,1H3. The lowest BCUT2D eigenvalue weighted by molar-refractivity contribution is 0.541. The van der Waals surface area contributed by atoms with Crippen molar-refractivity contribution in [2.75, 3.05) is 0 Å². The van der Waals surface area contributed by atoms with Crippen LogP contribution in [0.1, 0.15) is 36.6 Å². The van der Waals surface area contributed by atoms with E-state index in [1.165, 1.54) is 24.0 Å². The summed E-state index contributed by atoms with van der Waals surface area (Å²) in [4.78, 5) is 16.0. The van der Waals surface area contributed by atoms with Crippen LogP contribution in [0.4, 0.5) is 0 Å². The van der Waals surface area contributed by atoms with Crippen LogP contribution in [0.2, 0.25) is 0 Å². The molecule has 0 unspecified atom stereocenters. The summed E-state index contributed by atoms with van der Waals surface area (Å²) in [7, 11) is 0. The molecular weight excluding hydrogens is 214 g/mol. The first kappa shape index (κ1) is 10.5.